The maximum absolute atomic E-state index is 15.2. The van der Waals surface area contributed by atoms with Crippen molar-refractivity contribution in [3.63, 3.8) is 0 Å². The van der Waals surface area contributed by atoms with E-state index in [1.807, 2.05) is 20.8 Å². The summed E-state index contributed by atoms with van der Waals surface area (Å²) in [4.78, 5) is 40.8. The Balaban J connectivity index is 0.00000156. The monoisotopic (exact) mass is 505 g/mol. The van der Waals surface area contributed by atoms with Crippen LogP contribution in [0.25, 0.3) is 16.7 Å². The number of halogens is 1. The lowest BCUT2D eigenvalue weighted by molar-refractivity contribution is 0.596. The summed E-state index contributed by atoms with van der Waals surface area (Å²) in [6, 6.07) is 9.55. The summed E-state index contributed by atoms with van der Waals surface area (Å²) in [5, 5.41) is 3.36. The molecule has 3 N–H and O–H groups in total. The van der Waals surface area contributed by atoms with Crippen molar-refractivity contribution in [1.82, 2.24) is 13.7 Å². The Morgan fingerprint density at radius 2 is 1.65 bits per heavy atom. The van der Waals surface area contributed by atoms with Gasteiger partial charge in [-0.05, 0) is 69.0 Å². The molecule has 2 aromatic carbocycles. The first-order chi connectivity index (χ1) is 17.6. The van der Waals surface area contributed by atoms with Crippen LogP contribution in [0.2, 0.25) is 0 Å². The first-order valence-electron chi connectivity index (χ1n) is 12.4. The largest absolute Gasteiger partial charge is 0.398 e. The molecule has 0 saturated heterocycles. The zero-order chi connectivity index (χ0) is 27.2. The molecular weight excluding hydrogens is 473 g/mol. The highest BCUT2D eigenvalue weighted by Crippen LogP contribution is 2.34. The Labute approximate surface area is 213 Å². The van der Waals surface area contributed by atoms with Crippen molar-refractivity contribution in [3.05, 3.63) is 90.1 Å². The first kappa shape index (κ1) is 25.9. The summed E-state index contributed by atoms with van der Waals surface area (Å²) in [6.45, 7) is 9.19. The predicted molar refractivity (Wildman–Crippen MR) is 147 cm³/mol. The van der Waals surface area contributed by atoms with Gasteiger partial charge in [0.2, 0.25) is 0 Å². The second kappa shape index (κ2) is 9.72. The fourth-order valence-corrected chi connectivity index (χ4v) is 4.54. The van der Waals surface area contributed by atoms with Gasteiger partial charge in [0.05, 0.1) is 11.4 Å². The number of anilines is 3. The Morgan fingerprint density at radius 1 is 0.973 bits per heavy atom. The number of pyridine rings is 1. The van der Waals surface area contributed by atoms with Crippen LogP contribution < -0.4 is 27.9 Å². The van der Waals surface area contributed by atoms with Gasteiger partial charge in [-0.1, -0.05) is 26.0 Å². The van der Waals surface area contributed by atoms with Gasteiger partial charge in [0.1, 0.15) is 16.9 Å². The molecule has 1 saturated carbocycles. The lowest BCUT2D eigenvalue weighted by atomic mass is 10.1. The number of nitrogen functional groups attached to an aromatic ring is 1. The summed E-state index contributed by atoms with van der Waals surface area (Å²) in [5.74, 6) is -0.622. The second-order valence-electron chi connectivity index (χ2n) is 9.19. The minimum absolute atomic E-state index is 0.0232. The van der Waals surface area contributed by atoms with Crippen molar-refractivity contribution in [2.75, 3.05) is 11.1 Å². The van der Waals surface area contributed by atoms with E-state index >= 15 is 4.39 Å². The van der Waals surface area contributed by atoms with E-state index in [2.05, 4.69) is 5.32 Å². The molecule has 8 nitrogen and oxygen atoms in total. The Kier molecular flexibility index (Phi) is 6.82. The van der Waals surface area contributed by atoms with Crippen LogP contribution in [-0.4, -0.2) is 13.7 Å². The Morgan fingerprint density at radius 3 is 2.27 bits per heavy atom. The Bertz CT molecular complexity index is 1710. The van der Waals surface area contributed by atoms with Gasteiger partial charge < -0.3 is 11.1 Å². The Hall–Kier alpha value is -4.14. The van der Waals surface area contributed by atoms with Crippen LogP contribution >= 0.6 is 0 Å². The van der Waals surface area contributed by atoms with Crippen LogP contribution in [0.15, 0.2) is 50.8 Å². The van der Waals surface area contributed by atoms with Gasteiger partial charge in [0, 0.05) is 30.0 Å². The number of hydrogen-bond acceptors (Lipinski definition) is 5. The predicted octanol–water partition coefficient (Wildman–Crippen LogP) is 4.60. The molecule has 9 heteroatoms. The van der Waals surface area contributed by atoms with Crippen LogP contribution in [0.5, 0.6) is 0 Å². The second-order valence-corrected chi connectivity index (χ2v) is 9.19. The number of aryl methyl sites for hydroxylation is 2. The van der Waals surface area contributed by atoms with Gasteiger partial charge >= 0.3 is 5.69 Å². The molecule has 37 heavy (non-hydrogen) atoms. The van der Waals surface area contributed by atoms with Crippen molar-refractivity contribution in [1.29, 1.82) is 0 Å². The summed E-state index contributed by atoms with van der Waals surface area (Å²) < 4.78 is 18.7. The molecule has 0 unspecified atom stereocenters. The molecule has 2 heterocycles. The molecular formula is C28H32FN5O3. The molecule has 0 amide bonds. The van der Waals surface area contributed by atoms with E-state index in [-0.39, 0.29) is 28.5 Å². The van der Waals surface area contributed by atoms with Gasteiger partial charge in [-0.25, -0.2) is 13.8 Å². The third-order valence-corrected chi connectivity index (χ3v) is 6.73. The molecule has 0 atom stereocenters. The molecule has 1 aliphatic rings. The molecule has 2 aromatic heterocycles. The topological polar surface area (TPSA) is 104 Å². The lowest BCUT2D eigenvalue weighted by Gasteiger charge is -2.21. The molecule has 0 bridgehead atoms. The van der Waals surface area contributed by atoms with Gasteiger partial charge in [0.15, 0.2) is 0 Å². The minimum atomic E-state index is -0.669. The molecule has 0 aliphatic heterocycles. The highest BCUT2D eigenvalue weighted by atomic mass is 19.1. The summed E-state index contributed by atoms with van der Waals surface area (Å²) in [6.07, 6.45) is 1.36. The normalized spacial score (nSPS) is 12.8. The van der Waals surface area contributed by atoms with Crippen molar-refractivity contribution >= 4 is 28.1 Å². The van der Waals surface area contributed by atoms with E-state index in [0.717, 1.165) is 10.1 Å². The smallest absolute Gasteiger partial charge is 0.337 e. The summed E-state index contributed by atoms with van der Waals surface area (Å²) in [5.41, 5.74) is 7.67. The average molecular weight is 506 g/mol. The number of benzene rings is 2. The molecule has 0 radical (unpaired) electrons. The maximum Gasteiger partial charge on any atom is 0.337 e. The van der Waals surface area contributed by atoms with Crippen molar-refractivity contribution in [2.24, 2.45) is 7.05 Å². The minimum Gasteiger partial charge on any atom is -0.398 e. The first-order valence-corrected chi connectivity index (χ1v) is 12.4. The van der Waals surface area contributed by atoms with Crippen molar-refractivity contribution in [3.8, 4) is 5.69 Å². The van der Waals surface area contributed by atoms with Crippen LogP contribution in [0.4, 0.5) is 21.5 Å². The fraction of sp³-hybridized carbons (Fsp3) is 0.321. The fourth-order valence-electron chi connectivity index (χ4n) is 4.54. The number of nitrogens with one attached hydrogen (secondary N) is 1. The summed E-state index contributed by atoms with van der Waals surface area (Å²) >= 11 is 0. The van der Waals surface area contributed by atoms with E-state index in [1.165, 1.54) is 28.3 Å². The van der Waals surface area contributed by atoms with Crippen LogP contribution in [-0.2, 0) is 7.05 Å². The molecule has 0 spiro atoms. The highest BCUT2D eigenvalue weighted by molar-refractivity contribution is 5.94. The van der Waals surface area contributed by atoms with Crippen molar-refractivity contribution in [2.45, 2.75) is 53.5 Å². The zero-order valence-electron chi connectivity index (χ0n) is 22.0. The molecule has 4 aromatic rings. The van der Waals surface area contributed by atoms with E-state index in [9.17, 15) is 14.4 Å². The molecule has 5 rings (SSSR count). The van der Waals surface area contributed by atoms with Gasteiger partial charge in [0.25, 0.3) is 11.1 Å². The molecule has 1 fully saturated rings. The van der Waals surface area contributed by atoms with Crippen LogP contribution in [0.3, 0.4) is 0 Å². The van der Waals surface area contributed by atoms with E-state index in [4.69, 9.17) is 5.73 Å². The summed E-state index contributed by atoms with van der Waals surface area (Å²) in [7, 11) is 1.48. The third kappa shape index (κ3) is 4.24. The van der Waals surface area contributed by atoms with Gasteiger partial charge in [-0.2, -0.15) is 0 Å². The number of nitrogens with two attached hydrogens (primary N) is 1. The number of hydrogen-bond donors (Lipinski definition) is 2. The number of rotatable bonds is 4. The standard InChI is InChI=1S/C26H26FN5O3.C2H6/c1-13-8-11-20(17(27)12-13)32-23-21(25(34)31(26(32)35)16-9-10-16)22(15(3)24(33)30(23)4)29-19-7-5-6-18(28)14(19)2;1-2/h5-8,11-12,16,29H,9-10,28H2,1-4H3;1-2H3. The number of aromatic nitrogens is 3. The highest BCUT2D eigenvalue weighted by Gasteiger charge is 2.32. The van der Waals surface area contributed by atoms with E-state index in [1.54, 1.807) is 38.1 Å². The van der Waals surface area contributed by atoms with E-state index < -0.39 is 22.6 Å². The zero-order valence-corrected chi connectivity index (χ0v) is 22.0. The van der Waals surface area contributed by atoms with Gasteiger partial charge in [-0.3, -0.25) is 18.7 Å². The quantitative estimate of drug-likeness (QED) is 0.395. The third-order valence-electron chi connectivity index (χ3n) is 6.73. The lowest BCUT2D eigenvalue weighted by Crippen LogP contribution is -2.42. The van der Waals surface area contributed by atoms with Crippen molar-refractivity contribution < 1.29 is 4.39 Å². The number of nitrogens with zero attached hydrogens (tertiary/aromatic N) is 3. The van der Waals surface area contributed by atoms with Crippen LogP contribution in [0.1, 0.15) is 49.4 Å². The molecule has 194 valence electrons. The maximum atomic E-state index is 15.2. The number of fused-ring (bicyclic) bond motifs is 1. The van der Waals surface area contributed by atoms with Gasteiger partial charge in [-0.15, -0.1) is 0 Å². The van der Waals surface area contributed by atoms with E-state index in [0.29, 0.717) is 35.3 Å². The van der Waals surface area contributed by atoms with Crippen LogP contribution in [0, 0.1) is 26.6 Å². The molecule has 1 aliphatic carbocycles. The average Bonchev–Trinajstić information content (AvgIpc) is 3.70. The SMILES string of the molecule is CC.Cc1ccc(-n2c(=O)n(C3CC3)c(=O)c3c(Nc4cccc(N)c4C)c(C)c(=O)n(C)c32)c(F)c1.